The molecular formula is C16H18BrF3N6O2. The molecule has 1 fully saturated rings. The summed E-state index contributed by atoms with van der Waals surface area (Å²) in [5.74, 6) is -1.22. The number of nitrogens with one attached hydrogen (secondary N) is 1. The van der Waals surface area contributed by atoms with E-state index in [1.165, 1.54) is 15.6 Å². The van der Waals surface area contributed by atoms with Crippen LogP contribution in [0.2, 0.25) is 0 Å². The summed E-state index contributed by atoms with van der Waals surface area (Å²) < 4.78 is 41.9. The van der Waals surface area contributed by atoms with Crippen molar-refractivity contribution in [2.24, 2.45) is 5.73 Å². The lowest BCUT2D eigenvalue weighted by molar-refractivity contribution is -0.142. The van der Waals surface area contributed by atoms with E-state index in [9.17, 15) is 22.8 Å². The van der Waals surface area contributed by atoms with Gasteiger partial charge in [-0.1, -0.05) is 0 Å². The van der Waals surface area contributed by atoms with Gasteiger partial charge in [0.2, 0.25) is 5.91 Å². The summed E-state index contributed by atoms with van der Waals surface area (Å²) in [7, 11) is 0. The van der Waals surface area contributed by atoms with Gasteiger partial charge in [-0.25, -0.2) is 0 Å². The van der Waals surface area contributed by atoms with Crippen molar-refractivity contribution >= 4 is 33.4 Å². The summed E-state index contributed by atoms with van der Waals surface area (Å²) in [6, 6.07) is 0. The highest BCUT2D eigenvalue weighted by Crippen LogP contribution is 2.47. The molecule has 1 saturated carbocycles. The number of amides is 2. The Kier molecular flexibility index (Phi) is 5.50. The number of nitrogens with two attached hydrogens (primary N) is 1. The third-order valence-corrected chi connectivity index (χ3v) is 5.14. The van der Waals surface area contributed by atoms with Crippen molar-refractivity contribution in [2.75, 3.05) is 5.32 Å². The molecule has 2 amide bonds. The highest BCUT2D eigenvalue weighted by Gasteiger charge is 2.41. The number of hydrogen-bond donors (Lipinski definition) is 2. The van der Waals surface area contributed by atoms with E-state index in [4.69, 9.17) is 5.73 Å². The summed E-state index contributed by atoms with van der Waals surface area (Å²) in [4.78, 5) is 23.8. The molecule has 2 aromatic heterocycles. The van der Waals surface area contributed by atoms with E-state index < -0.39 is 23.7 Å². The van der Waals surface area contributed by atoms with Crippen LogP contribution in [-0.2, 0) is 24.1 Å². The number of carbonyl (C=O) groups is 2. The molecule has 0 radical (unpaired) electrons. The molecule has 0 unspecified atom stereocenters. The van der Waals surface area contributed by atoms with E-state index in [2.05, 4.69) is 31.4 Å². The van der Waals surface area contributed by atoms with Crippen molar-refractivity contribution in [1.29, 1.82) is 0 Å². The number of aromatic nitrogens is 4. The first kappa shape index (κ1) is 20.4. The number of aryl methyl sites for hydroxylation is 2. The van der Waals surface area contributed by atoms with Crippen molar-refractivity contribution in [2.45, 2.75) is 51.4 Å². The van der Waals surface area contributed by atoms with Crippen molar-refractivity contribution < 1.29 is 22.8 Å². The van der Waals surface area contributed by atoms with Gasteiger partial charge in [0, 0.05) is 18.9 Å². The Bertz CT molecular complexity index is 916. The first-order chi connectivity index (χ1) is 13.1. The molecule has 0 spiro atoms. The Morgan fingerprint density at radius 3 is 2.57 bits per heavy atom. The summed E-state index contributed by atoms with van der Waals surface area (Å²) in [6.07, 6.45) is -1.83. The van der Waals surface area contributed by atoms with Crippen molar-refractivity contribution in [3.05, 3.63) is 27.8 Å². The van der Waals surface area contributed by atoms with Crippen LogP contribution in [0.5, 0.6) is 0 Å². The van der Waals surface area contributed by atoms with Crippen LogP contribution in [0.15, 0.2) is 10.7 Å². The smallest absolute Gasteiger partial charge is 0.364 e. The van der Waals surface area contributed by atoms with E-state index in [0.29, 0.717) is 12.2 Å². The van der Waals surface area contributed by atoms with Gasteiger partial charge in [-0.2, -0.15) is 23.4 Å². The van der Waals surface area contributed by atoms with Crippen LogP contribution >= 0.6 is 15.9 Å². The maximum absolute atomic E-state index is 13.1. The molecule has 8 nitrogen and oxygen atoms in total. The van der Waals surface area contributed by atoms with Crippen LogP contribution in [0.3, 0.4) is 0 Å². The molecule has 152 valence electrons. The monoisotopic (exact) mass is 462 g/mol. The van der Waals surface area contributed by atoms with Gasteiger partial charge in [0.15, 0.2) is 5.69 Å². The summed E-state index contributed by atoms with van der Waals surface area (Å²) in [6.45, 7) is 2.12. The molecule has 2 aromatic rings. The highest BCUT2D eigenvalue weighted by molar-refractivity contribution is 9.10. The molecule has 12 heteroatoms. The average molecular weight is 463 g/mol. The minimum atomic E-state index is -4.58. The Labute approximate surface area is 166 Å². The average Bonchev–Trinajstić information content (AvgIpc) is 3.25. The SMILES string of the molecule is CCn1ncc(NC(=O)CCn2nc(C(F)(F)F)c(Br)c2C2CC2)c1C(N)=O. The number of alkyl halides is 3. The molecule has 1 aliphatic rings. The van der Waals surface area contributed by atoms with Crippen LogP contribution in [0.4, 0.5) is 18.9 Å². The number of primary amides is 1. The van der Waals surface area contributed by atoms with Gasteiger partial charge in [0.25, 0.3) is 5.91 Å². The number of nitrogens with zero attached hydrogens (tertiary/aromatic N) is 4. The van der Waals surface area contributed by atoms with Gasteiger partial charge in [-0.05, 0) is 35.7 Å². The lowest BCUT2D eigenvalue weighted by atomic mass is 10.2. The van der Waals surface area contributed by atoms with Gasteiger partial charge in [-0.3, -0.25) is 19.0 Å². The molecule has 0 atom stereocenters. The molecular weight excluding hydrogens is 445 g/mol. The first-order valence-corrected chi connectivity index (χ1v) is 9.41. The number of halogens is 4. The van der Waals surface area contributed by atoms with Crippen LogP contribution in [0.1, 0.15) is 54.0 Å². The highest BCUT2D eigenvalue weighted by atomic mass is 79.9. The predicted octanol–water partition coefficient (Wildman–Crippen LogP) is 2.89. The van der Waals surface area contributed by atoms with Gasteiger partial charge >= 0.3 is 6.18 Å². The fraction of sp³-hybridized carbons (Fsp3) is 0.500. The Hall–Kier alpha value is -2.37. The number of carbonyl (C=O) groups excluding carboxylic acids is 2. The third kappa shape index (κ3) is 4.05. The van der Waals surface area contributed by atoms with Crippen LogP contribution in [0.25, 0.3) is 0 Å². The molecule has 3 rings (SSSR count). The molecule has 0 aromatic carbocycles. The quantitative estimate of drug-likeness (QED) is 0.659. The zero-order valence-corrected chi connectivity index (χ0v) is 16.5. The summed E-state index contributed by atoms with van der Waals surface area (Å²) in [5, 5.41) is 10.2. The maximum atomic E-state index is 13.1. The van der Waals surface area contributed by atoms with Crippen molar-refractivity contribution in [3.8, 4) is 0 Å². The van der Waals surface area contributed by atoms with E-state index in [0.717, 1.165) is 12.8 Å². The van der Waals surface area contributed by atoms with E-state index in [1.807, 2.05) is 0 Å². The summed E-state index contributed by atoms with van der Waals surface area (Å²) >= 11 is 3.01. The summed E-state index contributed by atoms with van der Waals surface area (Å²) in [5.41, 5.74) is 5.02. The van der Waals surface area contributed by atoms with Crippen LogP contribution in [-0.4, -0.2) is 31.4 Å². The molecule has 1 aliphatic carbocycles. The third-order valence-electron chi connectivity index (χ3n) is 4.36. The second-order valence-corrected chi connectivity index (χ2v) is 7.22. The minimum absolute atomic E-state index is 0.00490. The number of rotatable bonds is 7. The molecule has 28 heavy (non-hydrogen) atoms. The first-order valence-electron chi connectivity index (χ1n) is 8.62. The van der Waals surface area contributed by atoms with E-state index >= 15 is 0 Å². The van der Waals surface area contributed by atoms with Crippen LogP contribution < -0.4 is 11.1 Å². The molecule has 0 aliphatic heterocycles. The second kappa shape index (κ2) is 7.57. The maximum Gasteiger partial charge on any atom is 0.436 e. The number of hydrogen-bond acceptors (Lipinski definition) is 4. The Morgan fingerprint density at radius 1 is 1.36 bits per heavy atom. The van der Waals surface area contributed by atoms with Crippen molar-refractivity contribution in [1.82, 2.24) is 19.6 Å². The van der Waals surface area contributed by atoms with Gasteiger partial charge < -0.3 is 11.1 Å². The largest absolute Gasteiger partial charge is 0.436 e. The zero-order valence-electron chi connectivity index (χ0n) is 14.9. The van der Waals surface area contributed by atoms with E-state index in [1.54, 1.807) is 6.92 Å². The molecule has 0 saturated heterocycles. The van der Waals surface area contributed by atoms with Crippen molar-refractivity contribution in [3.63, 3.8) is 0 Å². The fourth-order valence-electron chi connectivity index (χ4n) is 2.95. The normalized spacial score (nSPS) is 14.3. The lowest BCUT2D eigenvalue weighted by Gasteiger charge is -2.08. The van der Waals surface area contributed by atoms with Crippen LogP contribution in [0, 0.1) is 0 Å². The molecule has 2 heterocycles. The topological polar surface area (TPSA) is 108 Å². The minimum Gasteiger partial charge on any atom is -0.364 e. The Morgan fingerprint density at radius 2 is 2.04 bits per heavy atom. The predicted molar refractivity (Wildman–Crippen MR) is 96.6 cm³/mol. The standard InChI is InChI=1S/C16H18BrF3N6O2/c1-2-25-13(15(21)28)9(7-22-25)23-10(27)5-6-26-12(8-3-4-8)11(17)14(24-26)16(18,19)20/h7-8H,2-6H2,1H3,(H2,21,28)(H,23,27). The number of anilines is 1. The molecule has 0 bridgehead atoms. The zero-order chi connectivity index (χ0) is 20.6. The van der Waals surface area contributed by atoms with Gasteiger partial charge in [0.1, 0.15) is 5.69 Å². The Balaban J connectivity index is 1.74. The van der Waals surface area contributed by atoms with Gasteiger partial charge in [-0.15, -0.1) is 0 Å². The fourth-order valence-corrected chi connectivity index (χ4v) is 3.78. The van der Waals surface area contributed by atoms with E-state index in [-0.39, 0.29) is 34.7 Å². The van der Waals surface area contributed by atoms with Gasteiger partial charge in [0.05, 0.1) is 28.6 Å². The molecule has 3 N–H and O–H groups in total. The lowest BCUT2D eigenvalue weighted by Crippen LogP contribution is -2.22. The second-order valence-electron chi connectivity index (χ2n) is 6.43.